The van der Waals surface area contributed by atoms with Crippen LogP contribution in [-0.2, 0) is 19.7 Å². The van der Waals surface area contributed by atoms with E-state index in [0.29, 0.717) is 5.69 Å². The summed E-state index contributed by atoms with van der Waals surface area (Å²) in [7, 11) is -3.97. The highest BCUT2D eigenvalue weighted by Crippen LogP contribution is 2.11. The second kappa shape index (κ2) is 5.78. The van der Waals surface area contributed by atoms with Gasteiger partial charge in [-0.05, 0) is 24.3 Å². The Hall–Kier alpha value is -1.68. The van der Waals surface area contributed by atoms with Crippen molar-refractivity contribution in [2.45, 2.75) is 10.9 Å². The summed E-state index contributed by atoms with van der Waals surface area (Å²) in [4.78, 5) is 14.8. The number of carboxylic acid groups (broad SMARTS) is 1. The maximum atomic E-state index is 11.8. The summed E-state index contributed by atoms with van der Waals surface area (Å²) in [5, 5.41) is 8.78. The number of nitrogen functional groups attached to an aromatic ring is 1. The molecule has 9 heteroatoms. The summed E-state index contributed by atoms with van der Waals surface area (Å²) in [6, 6.07) is 3.85. The van der Waals surface area contributed by atoms with Gasteiger partial charge in [0.15, 0.2) is 0 Å². The topological polar surface area (TPSA) is 145 Å². The molecule has 18 heavy (non-hydrogen) atoms. The van der Waals surface area contributed by atoms with Gasteiger partial charge in [0.1, 0.15) is 6.04 Å². The predicted octanol–water partition coefficient (Wildman–Crippen LogP) is -1.11. The number of hydrogen-bond donors (Lipinski definition) is 4. The first-order valence-corrected chi connectivity index (χ1v) is 6.27. The number of rotatable bonds is 6. The van der Waals surface area contributed by atoms with Gasteiger partial charge in [-0.25, -0.2) is 14.3 Å². The van der Waals surface area contributed by atoms with Gasteiger partial charge in [0, 0.05) is 5.69 Å². The molecule has 0 fully saturated rings. The second-order valence-electron chi connectivity index (χ2n) is 3.41. The van der Waals surface area contributed by atoms with E-state index in [-0.39, 0.29) is 4.90 Å². The van der Waals surface area contributed by atoms with Crippen molar-refractivity contribution in [1.29, 1.82) is 0 Å². The molecule has 0 aliphatic rings. The van der Waals surface area contributed by atoms with Crippen molar-refractivity contribution in [3.05, 3.63) is 24.3 Å². The number of hydrogen-bond acceptors (Lipinski definition) is 6. The van der Waals surface area contributed by atoms with Crippen LogP contribution < -0.4 is 16.4 Å². The molecule has 1 aromatic carbocycles. The van der Waals surface area contributed by atoms with E-state index in [9.17, 15) is 13.2 Å². The molecule has 0 amide bonds. The lowest BCUT2D eigenvalue weighted by Crippen LogP contribution is -2.44. The third-order valence-electron chi connectivity index (χ3n) is 2.05. The highest BCUT2D eigenvalue weighted by atomic mass is 32.2. The number of aliphatic carboxylic acids is 1. The minimum atomic E-state index is -3.97. The van der Waals surface area contributed by atoms with Crippen LogP contribution in [0.2, 0.25) is 0 Å². The van der Waals surface area contributed by atoms with Gasteiger partial charge in [0.05, 0.1) is 11.5 Å². The monoisotopic (exact) mass is 275 g/mol. The molecular weight excluding hydrogens is 262 g/mol. The fraction of sp³-hybridized carbons (Fsp3) is 0.222. The van der Waals surface area contributed by atoms with E-state index in [0.717, 1.165) is 0 Å². The van der Waals surface area contributed by atoms with Crippen LogP contribution in [0.1, 0.15) is 0 Å². The lowest BCUT2D eigenvalue weighted by Gasteiger charge is -2.13. The first-order valence-electron chi connectivity index (χ1n) is 4.79. The highest BCUT2D eigenvalue weighted by molar-refractivity contribution is 7.89. The Bertz CT molecular complexity index is 514. The van der Waals surface area contributed by atoms with Crippen molar-refractivity contribution in [3.8, 4) is 0 Å². The Morgan fingerprint density at radius 2 is 1.94 bits per heavy atom. The molecule has 1 aromatic rings. The normalized spacial score (nSPS) is 13.2. The Labute approximate surface area is 104 Å². The average molecular weight is 275 g/mol. The van der Waals surface area contributed by atoms with Crippen molar-refractivity contribution in [2.75, 3.05) is 12.3 Å². The van der Waals surface area contributed by atoms with Crippen molar-refractivity contribution in [1.82, 2.24) is 4.72 Å². The number of nitrogens with one attached hydrogen (secondary N) is 1. The summed E-state index contributed by atoms with van der Waals surface area (Å²) in [6.07, 6.45) is 0. The molecule has 0 bridgehead atoms. The summed E-state index contributed by atoms with van der Waals surface area (Å²) in [5.74, 6) is 3.34. The van der Waals surface area contributed by atoms with E-state index < -0.39 is 28.6 Å². The zero-order valence-corrected chi connectivity index (χ0v) is 10.1. The first kappa shape index (κ1) is 14.4. The summed E-state index contributed by atoms with van der Waals surface area (Å²) >= 11 is 0. The molecule has 1 unspecified atom stereocenters. The summed E-state index contributed by atoms with van der Waals surface area (Å²) in [6.45, 7) is -0.483. The van der Waals surface area contributed by atoms with Gasteiger partial charge in [-0.3, -0.25) is 4.79 Å². The minimum absolute atomic E-state index is 0.0972. The average Bonchev–Trinajstić information content (AvgIpc) is 2.28. The fourth-order valence-electron chi connectivity index (χ4n) is 1.15. The van der Waals surface area contributed by atoms with Crippen LogP contribution >= 0.6 is 0 Å². The molecular formula is C9H13N3O5S. The van der Waals surface area contributed by atoms with E-state index in [2.05, 4.69) is 4.84 Å². The molecule has 8 nitrogen and oxygen atoms in total. The van der Waals surface area contributed by atoms with Crippen molar-refractivity contribution >= 4 is 21.7 Å². The van der Waals surface area contributed by atoms with Gasteiger partial charge in [-0.1, -0.05) is 0 Å². The molecule has 0 aliphatic heterocycles. The van der Waals surface area contributed by atoms with Crippen LogP contribution in [0.4, 0.5) is 5.69 Å². The molecule has 0 radical (unpaired) electrons. The van der Waals surface area contributed by atoms with Crippen LogP contribution in [0.5, 0.6) is 0 Å². The number of nitrogens with two attached hydrogens (primary N) is 2. The zero-order valence-electron chi connectivity index (χ0n) is 9.24. The van der Waals surface area contributed by atoms with Crippen molar-refractivity contribution < 1.29 is 23.2 Å². The van der Waals surface area contributed by atoms with E-state index in [1.807, 2.05) is 4.72 Å². The Kier molecular flexibility index (Phi) is 4.62. The SMILES string of the molecule is NOCC(NS(=O)(=O)c1ccc(N)cc1)C(=O)O. The molecule has 0 aromatic heterocycles. The van der Waals surface area contributed by atoms with Gasteiger partial charge < -0.3 is 15.7 Å². The molecule has 0 aliphatic carbocycles. The van der Waals surface area contributed by atoms with Gasteiger partial charge in [-0.2, -0.15) is 4.72 Å². The number of sulfonamides is 1. The van der Waals surface area contributed by atoms with Crippen molar-refractivity contribution in [2.24, 2.45) is 5.90 Å². The van der Waals surface area contributed by atoms with E-state index in [4.69, 9.17) is 16.7 Å². The smallest absolute Gasteiger partial charge is 0.324 e. The zero-order chi connectivity index (χ0) is 13.8. The van der Waals surface area contributed by atoms with Gasteiger partial charge in [0.2, 0.25) is 10.0 Å². The van der Waals surface area contributed by atoms with Gasteiger partial charge >= 0.3 is 5.97 Å². The third-order valence-corrected chi connectivity index (χ3v) is 3.54. The molecule has 0 saturated heterocycles. The summed E-state index contributed by atoms with van der Waals surface area (Å²) < 4.78 is 25.6. The van der Waals surface area contributed by atoms with E-state index >= 15 is 0 Å². The van der Waals surface area contributed by atoms with Crippen LogP contribution in [0.25, 0.3) is 0 Å². The lowest BCUT2D eigenvalue weighted by molar-refractivity contribution is -0.140. The van der Waals surface area contributed by atoms with E-state index in [1.54, 1.807) is 0 Å². The minimum Gasteiger partial charge on any atom is -0.480 e. The molecule has 100 valence electrons. The predicted molar refractivity (Wildman–Crippen MR) is 62.7 cm³/mol. The number of carbonyl (C=O) groups is 1. The van der Waals surface area contributed by atoms with Crippen LogP contribution in [-0.4, -0.2) is 32.1 Å². The maximum absolute atomic E-state index is 11.8. The standard InChI is InChI=1S/C9H13N3O5S/c10-6-1-3-7(4-2-6)18(15,16)12-8(5-17-11)9(13)14/h1-4,8,12H,5,10-11H2,(H,13,14). The molecule has 1 atom stereocenters. The highest BCUT2D eigenvalue weighted by Gasteiger charge is 2.25. The van der Waals surface area contributed by atoms with Crippen LogP contribution in [0, 0.1) is 0 Å². The Morgan fingerprint density at radius 3 is 2.39 bits per heavy atom. The molecule has 0 saturated carbocycles. The third kappa shape index (κ3) is 3.67. The lowest BCUT2D eigenvalue weighted by atomic mass is 10.3. The fourth-order valence-corrected chi connectivity index (χ4v) is 2.33. The Balaban J connectivity index is 2.93. The van der Waals surface area contributed by atoms with Gasteiger partial charge in [-0.15, -0.1) is 0 Å². The first-order chi connectivity index (χ1) is 8.36. The number of anilines is 1. The van der Waals surface area contributed by atoms with Crippen LogP contribution in [0.15, 0.2) is 29.2 Å². The largest absolute Gasteiger partial charge is 0.480 e. The second-order valence-corrected chi connectivity index (χ2v) is 5.13. The number of carboxylic acids is 1. The van der Waals surface area contributed by atoms with Crippen molar-refractivity contribution in [3.63, 3.8) is 0 Å². The Morgan fingerprint density at radius 1 is 1.39 bits per heavy atom. The molecule has 1 rings (SSSR count). The maximum Gasteiger partial charge on any atom is 0.324 e. The quantitative estimate of drug-likeness (QED) is 0.380. The van der Waals surface area contributed by atoms with Gasteiger partial charge in [0.25, 0.3) is 0 Å². The molecule has 0 spiro atoms. The summed E-state index contributed by atoms with van der Waals surface area (Å²) in [5.41, 5.74) is 5.82. The molecule has 6 N–H and O–H groups in total. The van der Waals surface area contributed by atoms with E-state index in [1.165, 1.54) is 24.3 Å². The number of benzene rings is 1. The van der Waals surface area contributed by atoms with Crippen LogP contribution in [0.3, 0.4) is 0 Å². The molecule has 0 heterocycles.